The molecule has 3 aliphatic rings. The molecule has 8 aromatic rings. The predicted octanol–water partition coefficient (Wildman–Crippen LogP) is 13.0. The summed E-state index contributed by atoms with van der Waals surface area (Å²) in [4.78, 5) is 28.4. The van der Waals surface area contributed by atoms with Gasteiger partial charge in [-0.05, 0) is 58.0 Å². The van der Waals surface area contributed by atoms with Crippen molar-refractivity contribution in [3.8, 4) is 0 Å². The third-order valence-electron chi connectivity index (χ3n) is 16.7. The predicted molar refractivity (Wildman–Crippen MR) is 363 cm³/mol. The Balaban J connectivity index is 1.04. The van der Waals surface area contributed by atoms with Gasteiger partial charge in [0.15, 0.2) is 30.9 Å². The first-order valence-corrected chi connectivity index (χ1v) is 34.0. The van der Waals surface area contributed by atoms with Crippen LogP contribution in [-0.4, -0.2) is 130 Å². The maximum absolute atomic E-state index is 14.0. The Morgan fingerprint density at radius 3 is 1.01 bits per heavy atom. The maximum atomic E-state index is 14.0. The van der Waals surface area contributed by atoms with Crippen molar-refractivity contribution in [2.75, 3.05) is 26.4 Å². The Labute approximate surface area is 572 Å². The van der Waals surface area contributed by atoms with E-state index in [9.17, 15) is 9.59 Å². The summed E-state index contributed by atoms with van der Waals surface area (Å²) in [6.45, 7) is 5.82. The van der Waals surface area contributed by atoms with Crippen LogP contribution >= 0.6 is 11.8 Å². The van der Waals surface area contributed by atoms with Crippen LogP contribution in [0.5, 0.6) is 0 Å². The lowest BCUT2D eigenvalue weighted by molar-refractivity contribution is -0.389. The van der Waals surface area contributed by atoms with Crippen LogP contribution in [0.3, 0.4) is 0 Å². The minimum Gasteiger partial charge on any atom is -0.456 e. The number of benzene rings is 8. The van der Waals surface area contributed by atoms with Crippen LogP contribution in [0, 0.1) is 0 Å². The van der Waals surface area contributed by atoms with Gasteiger partial charge in [-0.25, -0.2) is 0 Å². The summed E-state index contributed by atoms with van der Waals surface area (Å²) in [5.41, 5.74) is 5.47. The van der Waals surface area contributed by atoms with Crippen LogP contribution in [0.2, 0.25) is 0 Å². The average Bonchev–Trinajstić information content (AvgIpc) is 0.768. The molecule has 3 saturated heterocycles. The van der Waals surface area contributed by atoms with Gasteiger partial charge in [0.05, 0.1) is 66.1 Å². The second kappa shape index (κ2) is 37.5. The minimum atomic E-state index is -1.54. The molecule has 0 aromatic heterocycles. The number of hydrogen-bond acceptors (Lipinski definition) is 18. The number of carbonyl (C=O) groups excluding carboxylic acids is 2. The fourth-order valence-electron chi connectivity index (χ4n) is 12.0. The van der Waals surface area contributed by atoms with Crippen molar-refractivity contribution in [1.82, 2.24) is 0 Å². The van der Waals surface area contributed by atoms with Gasteiger partial charge in [0.1, 0.15) is 60.4 Å². The largest absolute Gasteiger partial charge is 0.456 e. The van der Waals surface area contributed by atoms with Crippen molar-refractivity contribution in [1.29, 1.82) is 0 Å². The van der Waals surface area contributed by atoms with Crippen LogP contribution < -0.4 is 0 Å². The average molecular weight is 1340 g/mol. The molecule has 8 aromatic carbocycles. The lowest BCUT2D eigenvalue weighted by Crippen LogP contribution is -2.68. The summed E-state index contributed by atoms with van der Waals surface area (Å²) in [5, 5.41) is 0. The molecule has 11 rings (SSSR count). The molecule has 510 valence electrons. The molecule has 0 saturated carbocycles. The Morgan fingerprint density at radius 2 is 0.619 bits per heavy atom. The summed E-state index contributed by atoms with van der Waals surface area (Å²) < 4.78 is 105. The second-order valence-electron chi connectivity index (χ2n) is 23.9. The molecule has 0 amide bonds. The summed E-state index contributed by atoms with van der Waals surface area (Å²) in [7, 11) is 0. The van der Waals surface area contributed by atoms with Gasteiger partial charge < -0.3 is 71.1 Å². The molecule has 3 fully saturated rings. The Kier molecular flexibility index (Phi) is 27.4. The molecule has 18 heteroatoms. The second-order valence-corrected chi connectivity index (χ2v) is 25.0. The van der Waals surface area contributed by atoms with E-state index in [1.165, 1.54) is 25.6 Å². The van der Waals surface area contributed by atoms with Crippen molar-refractivity contribution < 1.29 is 80.6 Å². The van der Waals surface area contributed by atoms with Gasteiger partial charge in [0.25, 0.3) is 0 Å². The number of thioether (sulfide) groups is 1. The third-order valence-corrected chi connectivity index (χ3v) is 17.8. The van der Waals surface area contributed by atoms with Gasteiger partial charge in [0, 0.05) is 25.3 Å². The minimum absolute atomic E-state index is 0.00931. The highest BCUT2D eigenvalue weighted by molar-refractivity contribution is 7.99. The number of hydrogen-bond donors (Lipinski definition) is 0. The molecule has 0 spiro atoms. The van der Waals surface area contributed by atoms with Crippen molar-refractivity contribution >= 4 is 23.7 Å². The topological polar surface area (TPSA) is 173 Å². The number of carbonyl (C=O) groups is 2. The first-order chi connectivity index (χ1) is 47.7. The lowest BCUT2D eigenvalue weighted by Gasteiger charge is -2.51. The van der Waals surface area contributed by atoms with Crippen molar-refractivity contribution in [3.63, 3.8) is 0 Å². The zero-order valence-electron chi connectivity index (χ0n) is 54.9. The van der Waals surface area contributed by atoms with Crippen molar-refractivity contribution in [2.24, 2.45) is 0 Å². The standard InChI is InChI=1S/C79H86O17S/c1-4-82-52-67-70(90-55(2)80)73(91-56(3)81)75(95-77-74(89-51-63-41-25-11-26-42-63)71(87-49-61-37-21-9-22-38-61)68(85-47-59-33-17-7-18-34-59)65(92-77)53-83-45-57-29-13-5-14-30-57)78(93-67)96-76-72(88-50-62-39-23-10-24-40-62)69(86-48-60-35-19-8-20-36-60)66(54-84-46-58-31-15-6-16-32-58)94-79(76)97-64-43-27-12-28-44-64/h5-44,65-79H,4,45-54H2,1-3H3/t65-,66-,67-,68-,69+,70+,71+,72+,73+,74-,75-,76-,77-,78-,79+/m1/s1. The van der Waals surface area contributed by atoms with Crippen LogP contribution in [0.15, 0.2) is 248 Å². The summed E-state index contributed by atoms with van der Waals surface area (Å²) in [6, 6.07) is 78.7. The fourth-order valence-corrected chi connectivity index (χ4v) is 13.1. The Morgan fingerprint density at radius 1 is 0.320 bits per heavy atom. The van der Waals surface area contributed by atoms with E-state index >= 15 is 0 Å². The number of esters is 2. The Hall–Kier alpha value is -7.47. The van der Waals surface area contributed by atoms with Crippen LogP contribution in [0.25, 0.3) is 0 Å². The zero-order chi connectivity index (χ0) is 66.8. The van der Waals surface area contributed by atoms with E-state index in [4.69, 9.17) is 71.1 Å². The van der Waals surface area contributed by atoms with E-state index in [1.54, 1.807) is 0 Å². The van der Waals surface area contributed by atoms with Crippen molar-refractivity contribution in [3.05, 3.63) is 282 Å². The van der Waals surface area contributed by atoms with E-state index in [1.807, 2.05) is 250 Å². The van der Waals surface area contributed by atoms with Gasteiger partial charge in [-0.15, -0.1) is 0 Å². The maximum Gasteiger partial charge on any atom is 0.303 e. The molecule has 3 aliphatic heterocycles. The van der Waals surface area contributed by atoms with Gasteiger partial charge in [-0.2, -0.15) is 0 Å². The molecule has 0 bridgehead atoms. The molecule has 15 atom stereocenters. The first-order valence-electron chi connectivity index (χ1n) is 33.1. The molecule has 0 unspecified atom stereocenters. The molecule has 0 N–H and O–H groups in total. The highest BCUT2D eigenvalue weighted by Gasteiger charge is 2.58. The summed E-state index contributed by atoms with van der Waals surface area (Å²) in [5.74, 6) is -1.39. The lowest BCUT2D eigenvalue weighted by atomic mass is 9.95. The third kappa shape index (κ3) is 21.0. The van der Waals surface area contributed by atoms with E-state index in [2.05, 4.69) is 0 Å². The van der Waals surface area contributed by atoms with E-state index in [0.29, 0.717) is 6.61 Å². The van der Waals surface area contributed by atoms with Gasteiger partial charge in [0.2, 0.25) is 0 Å². The van der Waals surface area contributed by atoms with Gasteiger partial charge in [-0.3, -0.25) is 9.59 Å². The highest BCUT2D eigenvalue weighted by atomic mass is 32.2. The van der Waals surface area contributed by atoms with Crippen LogP contribution in [0.4, 0.5) is 0 Å². The highest BCUT2D eigenvalue weighted by Crippen LogP contribution is 2.42. The fraction of sp³-hybridized carbons (Fsp3) is 0.367. The molecule has 97 heavy (non-hydrogen) atoms. The SMILES string of the molecule is CCOC[C@H]1O[C@H](O[C@@H]2[C@@H](OCc3ccccc3)[C@@H](OCc3ccccc3)[C@@H](COCc3ccccc3)O[C@H]2Sc2ccccc2)[C@H](O[C@H]2O[C@H](COCc3ccccc3)[C@@H](OCc3ccccc3)[C@H](OCc3ccccc3)[C@H]2OCc2ccccc2)[C@@H](OC(C)=O)[C@H]1OC(C)=O. The summed E-state index contributed by atoms with van der Waals surface area (Å²) in [6.07, 6.45) is -16.0. The van der Waals surface area contributed by atoms with Crippen LogP contribution in [0.1, 0.15) is 59.7 Å². The smallest absolute Gasteiger partial charge is 0.303 e. The molecular weight excluding hydrogens is 1250 g/mol. The van der Waals surface area contributed by atoms with E-state index in [0.717, 1.165) is 43.8 Å². The van der Waals surface area contributed by atoms with Gasteiger partial charge >= 0.3 is 11.9 Å². The van der Waals surface area contributed by atoms with E-state index in [-0.39, 0.29) is 66.1 Å². The van der Waals surface area contributed by atoms with Crippen LogP contribution in [-0.2, 0) is 127 Å². The van der Waals surface area contributed by atoms with E-state index < -0.39 is 103 Å². The number of ether oxygens (including phenoxy) is 15. The molecular formula is C79H86O17S. The molecule has 0 aliphatic carbocycles. The molecule has 17 nitrogen and oxygen atoms in total. The normalized spacial score (nSPS) is 25.6. The molecule has 3 heterocycles. The molecule has 0 radical (unpaired) electrons. The van der Waals surface area contributed by atoms with Gasteiger partial charge in [-0.1, -0.05) is 242 Å². The quantitative estimate of drug-likeness (QED) is 0.0348. The van der Waals surface area contributed by atoms with Crippen molar-refractivity contribution in [2.45, 2.75) is 163 Å². The monoisotopic (exact) mass is 1340 g/mol. The number of rotatable bonds is 34. The Bertz CT molecular complexity index is 3520. The zero-order valence-corrected chi connectivity index (χ0v) is 55.7. The first kappa shape index (κ1) is 70.8. The summed E-state index contributed by atoms with van der Waals surface area (Å²) >= 11 is 1.42.